The molecule has 1 aromatic heterocycles. The second-order valence-corrected chi connectivity index (χ2v) is 12.8. The van der Waals surface area contributed by atoms with Gasteiger partial charge >= 0.3 is 0 Å². The molecule has 0 spiro atoms. The molecule has 0 amide bonds. The molecule has 8 aromatic carbocycles. The lowest BCUT2D eigenvalue weighted by molar-refractivity contribution is 1.31. The number of hydrogen-bond acceptors (Lipinski definition) is 2. The number of thiophene rings is 1. The van der Waals surface area contributed by atoms with Crippen molar-refractivity contribution in [3.8, 4) is 22.3 Å². The molecule has 0 N–H and O–H groups in total. The summed E-state index contributed by atoms with van der Waals surface area (Å²) < 4.78 is 2.59. The molecule has 1 nitrogen and oxygen atoms in total. The molecule has 0 fully saturated rings. The summed E-state index contributed by atoms with van der Waals surface area (Å²) in [6, 6.07) is 64.0. The quantitative estimate of drug-likeness (QED) is 0.177. The zero-order valence-electron chi connectivity index (χ0n) is 25.1. The highest BCUT2D eigenvalue weighted by Crippen LogP contribution is 2.47. The van der Waals surface area contributed by atoms with Crippen LogP contribution < -0.4 is 4.90 Å². The molecule has 0 aliphatic heterocycles. The van der Waals surface area contributed by atoms with Gasteiger partial charge < -0.3 is 4.90 Å². The largest absolute Gasteiger partial charge is 0.309 e. The van der Waals surface area contributed by atoms with E-state index in [0.29, 0.717) is 0 Å². The first-order valence-corrected chi connectivity index (χ1v) is 16.5. The lowest BCUT2D eigenvalue weighted by Crippen LogP contribution is -2.10. The Hall–Kier alpha value is -5.70. The minimum Gasteiger partial charge on any atom is -0.309 e. The monoisotopic (exact) mass is 603 g/mol. The second-order valence-electron chi connectivity index (χ2n) is 11.7. The van der Waals surface area contributed by atoms with E-state index in [1.165, 1.54) is 69.7 Å². The molecular weight excluding hydrogens is 575 g/mol. The van der Waals surface area contributed by atoms with Crippen LogP contribution in [0.4, 0.5) is 17.1 Å². The van der Waals surface area contributed by atoms with Crippen LogP contribution in [-0.4, -0.2) is 0 Å². The summed E-state index contributed by atoms with van der Waals surface area (Å²) >= 11 is 1.87. The first-order valence-electron chi connectivity index (χ1n) is 15.7. The summed E-state index contributed by atoms with van der Waals surface area (Å²) in [5.74, 6) is 0. The van der Waals surface area contributed by atoms with Crippen LogP contribution in [-0.2, 0) is 0 Å². The van der Waals surface area contributed by atoms with Crippen LogP contribution in [0.3, 0.4) is 0 Å². The van der Waals surface area contributed by atoms with Crippen LogP contribution in [0.1, 0.15) is 0 Å². The Bertz CT molecular complexity index is 2530. The van der Waals surface area contributed by atoms with Crippen molar-refractivity contribution in [3.63, 3.8) is 0 Å². The maximum absolute atomic E-state index is 2.46. The average Bonchev–Trinajstić information content (AvgIpc) is 3.52. The molecule has 0 aliphatic carbocycles. The van der Waals surface area contributed by atoms with E-state index >= 15 is 0 Å². The molecule has 216 valence electrons. The van der Waals surface area contributed by atoms with E-state index in [1.54, 1.807) is 0 Å². The number of fused-ring (bicyclic) bond motifs is 6. The second kappa shape index (κ2) is 11.0. The highest BCUT2D eigenvalue weighted by molar-refractivity contribution is 7.26. The maximum atomic E-state index is 2.46. The van der Waals surface area contributed by atoms with Gasteiger partial charge in [0.2, 0.25) is 0 Å². The van der Waals surface area contributed by atoms with Crippen molar-refractivity contribution in [3.05, 3.63) is 176 Å². The Morgan fingerprint density at radius 2 is 0.957 bits per heavy atom. The Morgan fingerprint density at radius 1 is 0.370 bits per heavy atom. The van der Waals surface area contributed by atoms with Crippen LogP contribution in [0.25, 0.3) is 64.0 Å². The van der Waals surface area contributed by atoms with Crippen LogP contribution >= 0.6 is 11.3 Å². The van der Waals surface area contributed by atoms with Gasteiger partial charge in [-0.1, -0.05) is 140 Å². The number of rotatable bonds is 5. The van der Waals surface area contributed by atoms with Gasteiger partial charge in [0.15, 0.2) is 0 Å². The molecule has 9 rings (SSSR count). The van der Waals surface area contributed by atoms with E-state index in [-0.39, 0.29) is 0 Å². The van der Waals surface area contributed by atoms with Crippen molar-refractivity contribution in [1.29, 1.82) is 0 Å². The van der Waals surface area contributed by atoms with Crippen molar-refractivity contribution in [2.24, 2.45) is 0 Å². The van der Waals surface area contributed by atoms with E-state index in [2.05, 4.69) is 181 Å². The van der Waals surface area contributed by atoms with Crippen molar-refractivity contribution in [2.75, 3.05) is 4.90 Å². The summed E-state index contributed by atoms with van der Waals surface area (Å²) in [6.45, 7) is 0. The van der Waals surface area contributed by atoms with Gasteiger partial charge in [-0.15, -0.1) is 11.3 Å². The number of nitrogens with zero attached hydrogens (tertiary/aromatic N) is 1. The minimum atomic E-state index is 1.13. The zero-order chi connectivity index (χ0) is 30.5. The SMILES string of the molecule is c1ccc(-c2ccc(N(c3ccc4ccc5ccccc5c4c3)c3cccc4c3sc3ccccc34)cc2-c2ccccc2)cc1. The molecule has 0 unspecified atom stereocenters. The highest BCUT2D eigenvalue weighted by atomic mass is 32.1. The molecule has 9 aromatic rings. The third kappa shape index (κ3) is 4.46. The molecule has 0 aliphatic rings. The third-order valence-electron chi connectivity index (χ3n) is 9.04. The predicted octanol–water partition coefficient (Wildman–Crippen LogP) is 13.2. The standard InChI is InChI=1S/C44H29NS/c1-3-12-30(13-4-1)37-27-26-35(29-40(37)31-14-5-2-6-15-31)45(42-20-11-19-39-38-18-9-10-21-43(38)46-44(39)42)34-25-24-33-23-22-32-16-7-8-17-36(32)41(33)28-34/h1-29H. The van der Waals surface area contributed by atoms with Gasteiger partial charge in [0, 0.05) is 26.8 Å². The predicted molar refractivity (Wildman–Crippen MR) is 200 cm³/mol. The lowest BCUT2D eigenvalue weighted by Gasteiger charge is -2.28. The van der Waals surface area contributed by atoms with Crippen LogP contribution in [0.2, 0.25) is 0 Å². The molecule has 0 radical (unpaired) electrons. The van der Waals surface area contributed by atoms with Crippen molar-refractivity contribution < 1.29 is 0 Å². The molecule has 2 heteroatoms. The fourth-order valence-electron chi connectivity index (χ4n) is 6.86. The minimum absolute atomic E-state index is 1.13. The first-order chi connectivity index (χ1) is 22.8. The van der Waals surface area contributed by atoms with Gasteiger partial charge in [-0.05, 0) is 80.2 Å². The van der Waals surface area contributed by atoms with Gasteiger partial charge in [-0.25, -0.2) is 0 Å². The number of anilines is 3. The van der Waals surface area contributed by atoms with Crippen molar-refractivity contribution >= 4 is 70.1 Å². The number of benzene rings is 8. The summed E-state index contributed by atoms with van der Waals surface area (Å²) in [6.07, 6.45) is 0. The molecule has 0 saturated carbocycles. The van der Waals surface area contributed by atoms with E-state index in [4.69, 9.17) is 0 Å². The Labute approximate surface area is 272 Å². The van der Waals surface area contributed by atoms with Gasteiger partial charge in [-0.3, -0.25) is 0 Å². The maximum Gasteiger partial charge on any atom is 0.0640 e. The fraction of sp³-hybridized carbons (Fsp3) is 0. The molecule has 46 heavy (non-hydrogen) atoms. The molecule has 0 saturated heterocycles. The topological polar surface area (TPSA) is 3.24 Å². The van der Waals surface area contributed by atoms with Gasteiger partial charge in [0.05, 0.1) is 10.4 Å². The van der Waals surface area contributed by atoms with E-state index in [0.717, 1.165) is 11.4 Å². The normalized spacial score (nSPS) is 11.5. The van der Waals surface area contributed by atoms with E-state index in [1.807, 2.05) is 11.3 Å². The average molecular weight is 604 g/mol. The zero-order valence-corrected chi connectivity index (χ0v) is 25.9. The van der Waals surface area contributed by atoms with Gasteiger partial charge in [0.1, 0.15) is 0 Å². The lowest BCUT2D eigenvalue weighted by atomic mass is 9.93. The first kappa shape index (κ1) is 26.7. The summed E-state index contributed by atoms with van der Waals surface area (Å²) in [5, 5.41) is 7.62. The van der Waals surface area contributed by atoms with Crippen LogP contribution in [0.15, 0.2) is 176 Å². The molecular formula is C44H29NS. The molecule has 0 atom stereocenters. The van der Waals surface area contributed by atoms with Gasteiger partial charge in [-0.2, -0.15) is 0 Å². The summed E-state index contributed by atoms with van der Waals surface area (Å²) in [4.78, 5) is 2.46. The van der Waals surface area contributed by atoms with Crippen molar-refractivity contribution in [2.45, 2.75) is 0 Å². The van der Waals surface area contributed by atoms with Crippen LogP contribution in [0.5, 0.6) is 0 Å². The van der Waals surface area contributed by atoms with Crippen LogP contribution in [0, 0.1) is 0 Å². The fourth-order valence-corrected chi connectivity index (χ4v) is 8.07. The van der Waals surface area contributed by atoms with E-state index in [9.17, 15) is 0 Å². The molecule has 1 heterocycles. The smallest absolute Gasteiger partial charge is 0.0640 e. The number of hydrogen-bond donors (Lipinski definition) is 0. The van der Waals surface area contributed by atoms with Gasteiger partial charge in [0.25, 0.3) is 0 Å². The van der Waals surface area contributed by atoms with E-state index < -0.39 is 0 Å². The summed E-state index contributed by atoms with van der Waals surface area (Å²) in [7, 11) is 0. The third-order valence-corrected chi connectivity index (χ3v) is 10.3. The summed E-state index contributed by atoms with van der Waals surface area (Å²) in [5.41, 5.74) is 8.30. The Kier molecular flexibility index (Phi) is 6.40. The Morgan fingerprint density at radius 3 is 1.76 bits per heavy atom. The molecule has 0 bridgehead atoms. The Balaban J connectivity index is 1.34. The van der Waals surface area contributed by atoms with Crippen molar-refractivity contribution in [1.82, 2.24) is 0 Å². The highest BCUT2D eigenvalue weighted by Gasteiger charge is 2.20.